The molecule has 3 aromatic rings. The fraction of sp³-hybridized carbons (Fsp3) is 0.174. The van der Waals surface area contributed by atoms with Crippen molar-refractivity contribution in [3.8, 4) is 0 Å². The molecule has 0 bridgehead atoms. The Labute approximate surface area is 174 Å². The molecule has 0 saturated heterocycles. The normalized spacial score (nSPS) is 11.4. The predicted molar refractivity (Wildman–Crippen MR) is 111 cm³/mol. The summed E-state index contributed by atoms with van der Waals surface area (Å²) in [6.45, 7) is 3.65. The van der Waals surface area contributed by atoms with Crippen molar-refractivity contribution in [1.82, 2.24) is 5.32 Å². The van der Waals surface area contributed by atoms with Crippen LogP contribution in [0, 0.1) is 6.92 Å². The molecule has 0 aliphatic rings. The van der Waals surface area contributed by atoms with Crippen molar-refractivity contribution in [2.45, 2.75) is 26.5 Å². The number of carbonyl (C=O) groups excluding carboxylic acids is 3. The molecule has 0 unspecified atom stereocenters. The summed E-state index contributed by atoms with van der Waals surface area (Å²) < 4.78 is 10.3. The smallest absolute Gasteiger partial charge is 0.338 e. The molecule has 2 N–H and O–H groups in total. The van der Waals surface area contributed by atoms with E-state index in [0.717, 1.165) is 11.1 Å². The van der Waals surface area contributed by atoms with Crippen LogP contribution < -0.4 is 10.6 Å². The van der Waals surface area contributed by atoms with Gasteiger partial charge in [-0.1, -0.05) is 36.4 Å². The minimum Gasteiger partial charge on any atom is -0.459 e. The maximum absolute atomic E-state index is 12.5. The predicted octanol–water partition coefficient (Wildman–Crippen LogP) is 3.70. The van der Waals surface area contributed by atoms with Gasteiger partial charge in [-0.15, -0.1) is 0 Å². The minimum atomic E-state index is -0.969. The highest BCUT2D eigenvalue weighted by Crippen LogP contribution is 2.19. The molecule has 0 radical (unpaired) electrons. The van der Waals surface area contributed by atoms with Crippen LogP contribution in [0.15, 0.2) is 71.3 Å². The zero-order valence-electron chi connectivity index (χ0n) is 16.7. The first kappa shape index (κ1) is 20.9. The molecule has 0 saturated carbocycles. The molecule has 2 amide bonds. The number of anilines is 1. The summed E-state index contributed by atoms with van der Waals surface area (Å²) in [5.41, 5.74) is 2.38. The second-order valence-electron chi connectivity index (χ2n) is 6.71. The van der Waals surface area contributed by atoms with Gasteiger partial charge in [0.15, 0.2) is 11.9 Å². The molecule has 30 heavy (non-hydrogen) atoms. The summed E-state index contributed by atoms with van der Waals surface area (Å²) >= 11 is 0. The number of aryl methyl sites for hydroxylation is 1. The van der Waals surface area contributed by atoms with Crippen LogP contribution in [0.4, 0.5) is 5.69 Å². The average molecular weight is 406 g/mol. The van der Waals surface area contributed by atoms with Gasteiger partial charge in [-0.05, 0) is 49.2 Å². The van der Waals surface area contributed by atoms with E-state index in [0.29, 0.717) is 12.2 Å². The summed E-state index contributed by atoms with van der Waals surface area (Å²) in [6, 6.07) is 17.4. The van der Waals surface area contributed by atoms with Gasteiger partial charge in [0.2, 0.25) is 0 Å². The van der Waals surface area contributed by atoms with Crippen LogP contribution in [0.5, 0.6) is 0 Å². The number of hydrogen-bond acceptors (Lipinski definition) is 5. The van der Waals surface area contributed by atoms with Gasteiger partial charge in [0, 0.05) is 12.2 Å². The lowest BCUT2D eigenvalue weighted by Gasteiger charge is -2.14. The third-order valence-corrected chi connectivity index (χ3v) is 4.43. The Balaban J connectivity index is 1.60. The monoisotopic (exact) mass is 406 g/mol. The van der Waals surface area contributed by atoms with E-state index in [2.05, 4.69) is 10.6 Å². The van der Waals surface area contributed by atoms with E-state index >= 15 is 0 Å². The minimum absolute atomic E-state index is 0.158. The van der Waals surface area contributed by atoms with Gasteiger partial charge in [0.1, 0.15) is 0 Å². The number of hydrogen-bond donors (Lipinski definition) is 2. The number of benzene rings is 2. The first-order chi connectivity index (χ1) is 14.4. The van der Waals surface area contributed by atoms with Crippen LogP contribution in [-0.2, 0) is 16.1 Å². The van der Waals surface area contributed by atoms with Crippen molar-refractivity contribution < 1.29 is 23.5 Å². The number of nitrogens with one attached hydrogen (secondary N) is 2. The Morgan fingerprint density at radius 3 is 2.50 bits per heavy atom. The van der Waals surface area contributed by atoms with Crippen molar-refractivity contribution >= 4 is 23.5 Å². The summed E-state index contributed by atoms with van der Waals surface area (Å²) in [6.07, 6.45) is 0.434. The van der Waals surface area contributed by atoms with Gasteiger partial charge in [-0.3, -0.25) is 9.59 Å². The third kappa shape index (κ3) is 5.35. The highest BCUT2D eigenvalue weighted by Gasteiger charge is 2.20. The molecule has 2 aromatic carbocycles. The molecule has 0 aliphatic carbocycles. The van der Waals surface area contributed by atoms with Gasteiger partial charge in [0.25, 0.3) is 11.8 Å². The zero-order chi connectivity index (χ0) is 21.5. The zero-order valence-corrected chi connectivity index (χ0v) is 16.7. The second-order valence-corrected chi connectivity index (χ2v) is 6.71. The van der Waals surface area contributed by atoms with Crippen LogP contribution in [0.3, 0.4) is 0 Å². The largest absolute Gasteiger partial charge is 0.459 e. The lowest BCUT2D eigenvalue weighted by molar-refractivity contribution is -0.129. The quantitative estimate of drug-likeness (QED) is 0.583. The highest BCUT2D eigenvalue weighted by atomic mass is 16.5. The van der Waals surface area contributed by atoms with E-state index in [9.17, 15) is 14.4 Å². The fourth-order valence-corrected chi connectivity index (χ4v) is 2.69. The first-order valence-electron chi connectivity index (χ1n) is 9.42. The van der Waals surface area contributed by atoms with E-state index < -0.39 is 23.9 Å². The Bertz CT molecular complexity index is 1030. The van der Waals surface area contributed by atoms with E-state index in [1.807, 2.05) is 30.3 Å². The summed E-state index contributed by atoms with van der Waals surface area (Å²) in [7, 11) is 0. The van der Waals surface area contributed by atoms with Crippen molar-refractivity contribution in [2.75, 3.05) is 5.32 Å². The van der Waals surface area contributed by atoms with Crippen molar-refractivity contribution in [1.29, 1.82) is 0 Å². The lowest BCUT2D eigenvalue weighted by Crippen LogP contribution is -2.35. The molecule has 0 aliphatic heterocycles. The van der Waals surface area contributed by atoms with E-state index in [1.54, 1.807) is 31.2 Å². The Morgan fingerprint density at radius 1 is 1.03 bits per heavy atom. The van der Waals surface area contributed by atoms with E-state index in [1.165, 1.54) is 19.3 Å². The molecule has 0 fully saturated rings. The number of carbonyl (C=O) groups is 3. The van der Waals surface area contributed by atoms with E-state index in [-0.39, 0.29) is 11.3 Å². The molecule has 7 nitrogen and oxygen atoms in total. The molecule has 154 valence electrons. The number of amides is 2. The van der Waals surface area contributed by atoms with Gasteiger partial charge in [0.05, 0.1) is 11.8 Å². The maximum Gasteiger partial charge on any atom is 0.338 e. The first-order valence-corrected chi connectivity index (χ1v) is 9.42. The molecular weight excluding hydrogens is 384 g/mol. The molecule has 1 heterocycles. The number of ether oxygens (including phenoxy) is 1. The fourth-order valence-electron chi connectivity index (χ4n) is 2.69. The third-order valence-electron chi connectivity index (χ3n) is 4.43. The van der Waals surface area contributed by atoms with Crippen molar-refractivity contribution in [2.24, 2.45) is 0 Å². The van der Waals surface area contributed by atoms with Gasteiger partial charge in [-0.2, -0.15) is 0 Å². The lowest BCUT2D eigenvalue weighted by atomic mass is 10.1. The molecule has 7 heteroatoms. The second kappa shape index (κ2) is 9.56. The summed E-state index contributed by atoms with van der Waals surface area (Å²) in [4.78, 5) is 36.9. The van der Waals surface area contributed by atoms with Crippen LogP contribution >= 0.6 is 0 Å². The Kier molecular flexibility index (Phi) is 6.64. The van der Waals surface area contributed by atoms with Crippen LogP contribution in [0.25, 0.3) is 0 Å². The average Bonchev–Trinajstić information content (AvgIpc) is 3.29. The molecular formula is C23H22N2O5. The molecule has 0 spiro atoms. The van der Waals surface area contributed by atoms with Crippen molar-refractivity contribution in [3.63, 3.8) is 0 Å². The Morgan fingerprint density at radius 2 is 1.80 bits per heavy atom. The molecule has 3 rings (SSSR count). The van der Waals surface area contributed by atoms with E-state index in [4.69, 9.17) is 9.15 Å². The maximum atomic E-state index is 12.5. The van der Waals surface area contributed by atoms with Crippen molar-refractivity contribution in [3.05, 3.63) is 89.4 Å². The SMILES string of the molecule is Cc1ccc(C(=O)O[C@H](C)C(=O)NCc2ccccc2)cc1NC(=O)c1ccco1. The van der Waals surface area contributed by atoms with Crippen LogP contribution in [0.2, 0.25) is 0 Å². The highest BCUT2D eigenvalue weighted by molar-refractivity contribution is 6.03. The molecule has 1 atom stereocenters. The van der Waals surface area contributed by atoms with Gasteiger partial charge in [-0.25, -0.2) is 4.79 Å². The molecule has 1 aromatic heterocycles. The Hall–Kier alpha value is -3.87. The van der Waals surface area contributed by atoms with Gasteiger partial charge >= 0.3 is 5.97 Å². The standard InChI is InChI=1S/C23H22N2O5/c1-15-10-11-18(13-19(15)25-22(27)20-9-6-12-29-20)23(28)30-16(2)21(26)24-14-17-7-4-3-5-8-17/h3-13,16H,14H2,1-2H3,(H,24,26)(H,25,27)/t16-/m1/s1. The number of esters is 1. The summed E-state index contributed by atoms with van der Waals surface area (Å²) in [5, 5.41) is 5.44. The topological polar surface area (TPSA) is 97.6 Å². The van der Waals surface area contributed by atoms with Crippen LogP contribution in [0.1, 0.15) is 39.0 Å². The summed E-state index contributed by atoms with van der Waals surface area (Å²) in [5.74, 6) is -1.33. The number of furan rings is 1. The van der Waals surface area contributed by atoms with Crippen LogP contribution in [-0.4, -0.2) is 23.9 Å². The number of rotatable bonds is 7. The van der Waals surface area contributed by atoms with Gasteiger partial charge < -0.3 is 19.8 Å².